The lowest BCUT2D eigenvalue weighted by atomic mass is 10.1. The van der Waals surface area contributed by atoms with Crippen molar-refractivity contribution >= 4 is 17.3 Å². The van der Waals surface area contributed by atoms with E-state index in [0.717, 1.165) is 5.56 Å². The van der Waals surface area contributed by atoms with Crippen LogP contribution in [0, 0.1) is 10.1 Å². The Bertz CT molecular complexity index is 643. The fourth-order valence-corrected chi connectivity index (χ4v) is 2.01. The van der Waals surface area contributed by atoms with Crippen LogP contribution in [-0.4, -0.2) is 10.0 Å². The third kappa shape index (κ3) is 3.71. The van der Waals surface area contributed by atoms with E-state index in [1.807, 2.05) is 6.92 Å². The van der Waals surface area contributed by atoms with Gasteiger partial charge in [-0.3, -0.25) is 10.1 Å². The normalized spacial score (nSPS) is 12.0. The second-order valence-electron chi connectivity index (χ2n) is 4.46. The summed E-state index contributed by atoms with van der Waals surface area (Å²) in [5.41, 5.74) is 0.579. The third-order valence-electron chi connectivity index (χ3n) is 3.00. The van der Waals surface area contributed by atoms with E-state index in [0.29, 0.717) is 12.2 Å². The van der Waals surface area contributed by atoms with Gasteiger partial charge in [-0.2, -0.15) is 0 Å². The third-order valence-corrected chi connectivity index (χ3v) is 3.23. The van der Waals surface area contributed by atoms with Crippen LogP contribution in [0.2, 0.25) is 5.02 Å². The van der Waals surface area contributed by atoms with E-state index in [4.69, 9.17) is 16.3 Å². The minimum Gasteiger partial charge on any atom is -0.450 e. The van der Waals surface area contributed by atoms with Gasteiger partial charge >= 0.3 is 5.69 Å². The molecule has 0 spiro atoms. The summed E-state index contributed by atoms with van der Waals surface area (Å²) < 4.78 is 5.51. The number of nitrogens with zero attached hydrogens (tertiary/aromatic N) is 1. The summed E-state index contributed by atoms with van der Waals surface area (Å²) in [5.74, 6) is 0.570. The van der Waals surface area contributed by atoms with E-state index in [-0.39, 0.29) is 16.5 Å². The van der Waals surface area contributed by atoms with Crippen LogP contribution in [0.4, 0.5) is 5.69 Å². The standard InChI is InChI=1S/C15H14ClNO4/c1-2-14(18)10-3-6-12(7-4-10)21-15-8-5-11(16)9-13(15)17(19)20/h3-9,14,18H,2H2,1H3. The van der Waals surface area contributed by atoms with Gasteiger partial charge in [-0.25, -0.2) is 0 Å². The highest BCUT2D eigenvalue weighted by Gasteiger charge is 2.16. The van der Waals surface area contributed by atoms with Crippen molar-refractivity contribution in [1.82, 2.24) is 0 Å². The molecule has 0 aliphatic rings. The van der Waals surface area contributed by atoms with Gasteiger partial charge in [0.15, 0.2) is 0 Å². The summed E-state index contributed by atoms with van der Waals surface area (Å²) in [5, 5.41) is 21.0. The molecule has 1 atom stereocenters. The number of nitro groups is 1. The molecule has 0 aromatic heterocycles. The summed E-state index contributed by atoms with van der Waals surface area (Å²) >= 11 is 5.75. The van der Waals surface area contributed by atoms with Crippen molar-refractivity contribution in [3.05, 3.63) is 63.2 Å². The number of benzene rings is 2. The zero-order valence-electron chi connectivity index (χ0n) is 11.3. The first kappa shape index (κ1) is 15.3. The number of rotatable bonds is 5. The lowest BCUT2D eigenvalue weighted by Gasteiger charge is -2.10. The van der Waals surface area contributed by atoms with Crippen LogP contribution < -0.4 is 4.74 Å². The van der Waals surface area contributed by atoms with Crippen LogP contribution in [-0.2, 0) is 0 Å². The predicted octanol–water partition coefficient (Wildman–Crippen LogP) is 4.48. The molecule has 1 unspecified atom stereocenters. The van der Waals surface area contributed by atoms with Crippen molar-refractivity contribution in [2.45, 2.75) is 19.4 Å². The average molecular weight is 308 g/mol. The van der Waals surface area contributed by atoms with E-state index >= 15 is 0 Å². The van der Waals surface area contributed by atoms with Gasteiger partial charge in [0.25, 0.3) is 0 Å². The van der Waals surface area contributed by atoms with Crippen molar-refractivity contribution in [1.29, 1.82) is 0 Å². The largest absolute Gasteiger partial charge is 0.450 e. The number of hydrogen-bond donors (Lipinski definition) is 1. The number of nitro benzene ring substituents is 1. The maximum Gasteiger partial charge on any atom is 0.313 e. The number of hydrogen-bond acceptors (Lipinski definition) is 4. The molecule has 0 bridgehead atoms. The monoisotopic (exact) mass is 307 g/mol. The highest BCUT2D eigenvalue weighted by atomic mass is 35.5. The molecule has 0 aliphatic carbocycles. The number of halogens is 1. The van der Waals surface area contributed by atoms with E-state index in [9.17, 15) is 15.2 Å². The van der Waals surface area contributed by atoms with Gasteiger partial charge in [0.1, 0.15) is 5.75 Å². The molecule has 2 aromatic rings. The Kier molecular flexibility index (Phi) is 4.77. The van der Waals surface area contributed by atoms with E-state index < -0.39 is 11.0 Å². The SMILES string of the molecule is CCC(O)c1ccc(Oc2ccc(Cl)cc2[N+](=O)[O-])cc1. The van der Waals surface area contributed by atoms with Gasteiger partial charge < -0.3 is 9.84 Å². The van der Waals surface area contributed by atoms with E-state index in [1.54, 1.807) is 24.3 Å². The Hall–Kier alpha value is -2.11. The fourth-order valence-electron chi connectivity index (χ4n) is 1.84. The van der Waals surface area contributed by atoms with Gasteiger partial charge in [0, 0.05) is 11.1 Å². The van der Waals surface area contributed by atoms with Crippen molar-refractivity contribution in [3.63, 3.8) is 0 Å². The molecule has 0 fully saturated rings. The molecule has 0 amide bonds. The Morgan fingerprint density at radius 2 is 1.95 bits per heavy atom. The van der Waals surface area contributed by atoms with Crippen molar-refractivity contribution in [2.24, 2.45) is 0 Å². The van der Waals surface area contributed by atoms with E-state index in [1.165, 1.54) is 18.2 Å². The molecule has 0 saturated carbocycles. The maximum absolute atomic E-state index is 11.0. The second-order valence-corrected chi connectivity index (χ2v) is 4.90. The molecule has 21 heavy (non-hydrogen) atoms. The van der Waals surface area contributed by atoms with Gasteiger partial charge in [-0.05, 0) is 36.2 Å². The molecular weight excluding hydrogens is 294 g/mol. The first-order valence-electron chi connectivity index (χ1n) is 6.41. The summed E-state index contributed by atoms with van der Waals surface area (Å²) in [7, 11) is 0. The van der Waals surface area contributed by atoms with Crippen molar-refractivity contribution in [3.8, 4) is 11.5 Å². The quantitative estimate of drug-likeness (QED) is 0.652. The Morgan fingerprint density at radius 1 is 1.29 bits per heavy atom. The number of aliphatic hydroxyl groups excluding tert-OH is 1. The van der Waals surface area contributed by atoms with Crippen LogP contribution in [0.1, 0.15) is 25.0 Å². The van der Waals surface area contributed by atoms with Crippen molar-refractivity contribution < 1.29 is 14.8 Å². The van der Waals surface area contributed by atoms with Crippen LogP contribution >= 0.6 is 11.6 Å². The number of ether oxygens (including phenoxy) is 1. The highest BCUT2D eigenvalue weighted by Crippen LogP contribution is 2.33. The van der Waals surface area contributed by atoms with Gasteiger partial charge in [0.05, 0.1) is 11.0 Å². The van der Waals surface area contributed by atoms with E-state index in [2.05, 4.69) is 0 Å². The zero-order valence-corrected chi connectivity index (χ0v) is 12.1. The Morgan fingerprint density at radius 3 is 2.52 bits per heavy atom. The lowest BCUT2D eigenvalue weighted by molar-refractivity contribution is -0.385. The average Bonchev–Trinajstić information content (AvgIpc) is 2.49. The van der Waals surface area contributed by atoms with Crippen molar-refractivity contribution in [2.75, 3.05) is 0 Å². The lowest BCUT2D eigenvalue weighted by Crippen LogP contribution is -1.96. The summed E-state index contributed by atoms with van der Waals surface area (Å²) in [6, 6.07) is 11.0. The molecule has 1 N–H and O–H groups in total. The minimum atomic E-state index is -0.545. The molecule has 2 aromatic carbocycles. The van der Waals surface area contributed by atoms with Crippen LogP contribution in [0.3, 0.4) is 0 Å². The van der Waals surface area contributed by atoms with Gasteiger partial charge in [0.2, 0.25) is 5.75 Å². The van der Waals surface area contributed by atoms with Crippen LogP contribution in [0.25, 0.3) is 0 Å². The molecule has 0 saturated heterocycles. The van der Waals surface area contributed by atoms with Gasteiger partial charge in [-0.15, -0.1) is 0 Å². The fraction of sp³-hybridized carbons (Fsp3) is 0.200. The smallest absolute Gasteiger partial charge is 0.313 e. The van der Waals surface area contributed by atoms with Crippen LogP contribution in [0.15, 0.2) is 42.5 Å². The predicted molar refractivity (Wildman–Crippen MR) is 79.9 cm³/mol. The molecule has 5 nitrogen and oxygen atoms in total. The molecular formula is C15H14ClNO4. The Labute approximate surface area is 126 Å². The molecule has 0 heterocycles. The zero-order chi connectivity index (χ0) is 15.4. The summed E-state index contributed by atoms with van der Waals surface area (Å²) in [6.07, 6.45) is 0.0898. The Balaban J connectivity index is 2.24. The summed E-state index contributed by atoms with van der Waals surface area (Å²) in [6.45, 7) is 1.88. The topological polar surface area (TPSA) is 72.6 Å². The first-order chi connectivity index (χ1) is 10.0. The minimum absolute atomic E-state index is 0.119. The van der Waals surface area contributed by atoms with Gasteiger partial charge in [-0.1, -0.05) is 30.7 Å². The molecule has 0 radical (unpaired) electrons. The molecule has 2 rings (SSSR count). The maximum atomic E-state index is 11.0. The molecule has 0 aliphatic heterocycles. The summed E-state index contributed by atoms with van der Waals surface area (Å²) in [4.78, 5) is 10.4. The second kappa shape index (κ2) is 6.56. The first-order valence-corrected chi connectivity index (χ1v) is 6.79. The van der Waals surface area contributed by atoms with Crippen LogP contribution in [0.5, 0.6) is 11.5 Å². The molecule has 6 heteroatoms. The highest BCUT2D eigenvalue weighted by molar-refractivity contribution is 6.30. The number of aliphatic hydroxyl groups is 1. The molecule has 110 valence electrons.